The van der Waals surface area contributed by atoms with Gasteiger partial charge in [-0.15, -0.1) is 0 Å². The van der Waals surface area contributed by atoms with Crippen molar-refractivity contribution in [2.24, 2.45) is 5.73 Å². The summed E-state index contributed by atoms with van der Waals surface area (Å²) in [7, 11) is 0. The third-order valence-corrected chi connectivity index (χ3v) is 6.27. The summed E-state index contributed by atoms with van der Waals surface area (Å²) >= 11 is 0. The van der Waals surface area contributed by atoms with Crippen molar-refractivity contribution in [3.8, 4) is 0 Å². The van der Waals surface area contributed by atoms with E-state index in [0.717, 1.165) is 23.1 Å². The van der Waals surface area contributed by atoms with Crippen molar-refractivity contribution in [2.75, 3.05) is 11.5 Å². The van der Waals surface area contributed by atoms with Crippen LogP contribution in [0.4, 0.5) is 50.0 Å². The van der Waals surface area contributed by atoms with Crippen LogP contribution in [0.2, 0.25) is 0 Å². The monoisotopic (exact) mass is 542 g/mol. The highest BCUT2D eigenvalue weighted by atomic mass is 19.4. The summed E-state index contributed by atoms with van der Waals surface area (Å²) in [5.41, 5.74) is 1.24. The van der Waals surface area contributed by atoms with E-state index >= 15 is 0 Å². The van der Waals surface area contributed by atoms with Crippen molar-refractivity contribution in [1.29, 1.82) is 0 Å². The number of anilines is 1. The number of carbonyl (C=O) groups excluding carboxylic acids is 1. The van der Waals surface area contributed by atoms with Crippen LogP contribution in [0, 0.1) is 0 Å². The van der Waals surface area contributed by atoms with Crippen LogP contribution in [0.3, 0.4) is 0 Å². The molecule has 1 heterocycles. The van der Waals surface area contributed by atoms with Gasteiger partial charge in [0, 0.05) is 18.0 Å². The number of carbonyl (C=O) groups is 1. The Kier molecular flexibility index (Phi) is 7.79. The number of alkyl halides is 9. The topological polar surface area (TPSA) is 55.6 Å². The normalized spacial score (nSPS) is 19.4. The Bertz CT molecular complexity index is 1110. The average molecular weight is 542 g/mol. The molecule has 0 unspecified atom stereocenters. The van der Waals surface area contributed by atoms with E-state index in [1.807, 2.05) is 0 Å². The van der Waals surface area contributed by atoms with E-state index in [9.17, 15) is 44.3 Å². The third-order valence-electron chi connectivity index (χ3n) is 6.27. The van der Waals surface area contributed by atoms with Crippen molar-refractivity contribution < 1.29 is 49.0 Å². The minimum Gasteiger partial charge on any atom is -0.449 e. The highest BCUT2D eigenvalue weighted by Crippen LogP contribution is 2.48. The maximum atomic E-state index is 13.5. The Hall–Kier alpha value is -2.96. The van der Waals surface area contributed by atoms with Crippen molar-refractivity contribution in [1.82, 2.24) is 0 Å². The number of nitrogens with zero attached hydrogens (tertiary/aromatic N) is 1. The van der Waals surface area contributed by atoms with Crippen LogP contribution in [0.15, 0.2) is 36.4 Å². The van der Waals surface area contributed by atoms with Gasteiger partial charge in [0.1, 0.15) is 0 Å². The zero-order chi connectivity index (χ0) is 27.9. The zero-order valence-corrected chi connectivity index (χ0v) is 19.6. The van der Waals surface area contributed by atoms with E-state index in [1.165, 1.54) is 6.92 Å². The minimum atomic E-state index is -5.13. The number of amides is 1. The Morgan fingerprint density at radius 3 is 1.92 bits per heavy atom. The van der Waals surface area contributed by atoms with Crippen LogP contribution in [0.25, 0.3) is 0 Å². The molecule has 37 heavy (non-hydrogen) atoms. The fourth-order valence-electron chi connectivity index (χ4n) is 4.50. The van der Waals surface area contributed by atoms with E-state index in [1.54, 1.807) is 6.92 Å². The molecule has 13 heteroatoms. The Morgan fingerprint density at radius 1 is 0.919 bits per heavy atom. The summed E-state index contributed by atoms with van der Waals surface area (Å²) < 4.78 is 126. The van der Waals surface area contributed by atoms with Crippen LogP contribution in [-0.4, -0.2) is 18.7 Å². The Balaban J connectivity index is 2.22. The van der Waals surface area contributed by atoms with Crippen LogP contribution in [0.5, 0.6) is 0 Å². The zero-order valence-electron chi connectivity index (χ0n) is 19.6. The Morgan fingerprint density at radius 2 is 1.46 bits per heavy atom. The minimum absolute atomic E-state index is 0.00646. The highest BCUT2D eigenvalue weighted by molar-refractivity contribution is 5.90. The summed E-state index contributed by atoms with van der Waals surface area (Å²) in [5, 5.41) is 0. The number of ether oxygens (including phenoxy) is 1. The summed E-state index contributed by atoms with van der Waals surface area (Å²) in [4.78, 5) is 13.8. The van der Waals surface area contributed by atoms with Crippen LogP contribution < -0.4 is 10.6 Å². The van der Waals surface area contributed by atoms with Gasteiger partial charge < -0.3 is 10.5 Å². The lowest BCUT2D eigenvalue weighted by Gasteiger charge is -2.42. The molecule has 1 amide bonds. The molecule has 2 N–H and O–H groups in total. The molecule has 0 bridgehead atoms. The lowest BCUT2D eigenvalue weighted by molar-refractivity contribution is -0.143. The van der Waals surface area contributed by atoms with Crippen molar-refractivity contribution in [3.05, 3.63) is 64.2 Å². The SMILES string of the molecule is CCOC(=O)N1c2ccc(C(F)(F)F)cc2[C@H]([C@@H](N)c2cc(C(F)(F)F)cc(C(F)(F)F)c2)C[C@H]1CC. The smallest absolute Gasteiger partial charge is 0.416 e. The highest BCUT2D eigenvalue weighted by Gasteiger charge is 2.43. The molecule has 204 valence electrons. The standard InChI is InChI=1S/C24H23F9N2O2/c1-3-16-11-18(20(34)12-7-14(23(28,29)30)9-15(8-12)24(31,32)33)17-10-13(22(25,26)27)5-6-19(17)35(16)21(36)37-4-2/h5-10,16,18,20H,3-4,11,34H2,1-2H3/t16-,18-,20+/m1/s1. The predicted molar refractivity (Wildman–Crippen MR) is 116 cm³/mol. The number of nitrogens with two attached hydrogens (primary N) is 1. The lowest BCUT2D eigenvalue weighted by atomic mass is 9.77. The van der Waals surface area contributed by atoms with Gasteiger partial charge in [0.05, 0.1) is 29.0 Å². The second-order valence-electron chi connectivity index (χ2n) is 8.61. The number of hydrogen-bond acceptors (Lipinski definition) is 3. The maximum Gasteiger partial charge on any atom is 0.416 e. The lowest BCUT2D eigenvalue weighted by Crippen LogP contribution is -2.46. The van der Waals surface area contributed by atoms with Crippen LogP contribution >= 0.6 is 0 Å². The maximum absolute atomic E-state index is 13.5. The molecule has 3 rings (SSSR count). The van der Waals surface area contributed by atoms with Gasteiger partial charge in [-0.25, -0.2) is 4.79 Å². The molecule has 0 aliphatic carbocycles. The van der Waals surface area contributed by atoms with E-state index < -0.39 is 64.9 Å². The number of fused-ring (bicyclic) bond motifs is 1. The molecule has 3 atom stereocenters. The Labute approximate surface area is 206 Å². The van der Waals surface area contributed by atoms with E-state index in [0.29, 0.717) is 12.1 Å². The van der Waals surface area contributed by atoms with E-state index in [4.69, 9.17) is 10.5 Å². The molecule has 2 aromatic carbocycles. The molecule has 0 spiro atoms. The van der Waals surface area contributed by atoms with Gasteiger partial charge in [0.15, 0.2) is 0 Å². The average Bonchev–Trinajstić information content (AvgIpc) is 2.80. The first-order valence-corrected chi connectivity index (χ1v) is 11.2. The second kappa shape index (κ2) is 10.1. The van der Waals surface area contributed by atoms with Crippen LogP contribution in [0.1, 0.15) is 66.5 Å². The van der Waals surface area contributed by atoms with Gasteiger partial charge in [0.25, 0.3) is 0 Å². The molecule has 0 fully saturated rings. The number of hydrogen-bond donors (Lipinski definition) is 1. The predicted octanol–water partition coefficient (Wildman–Crippen LogP) is 7.67. The fourth-order valence-corrected chi connectivity index (χ4v) is 4.50. The first-order valence-electron chi connectivity index (χ1n) is 11.2. The number of benzene rings is 2. The fraction of sp³-hybridized carbons (Fsp3) is 0.458. The van der Waals surface area contributed by atoms with Crippen molar-refractivity contribution >= 4 is 11.8 Å². The molecular formula is C24H23F9N2O2. The van der Waals surface area contributed by atoms with Gasteiger partial charge in [-0.1, -0.05) is 6.92 Å². The molecule has 0 radical (unpaired) electrons. The van der Waals surface area contributed by atoms with Gasteiger partial charge in [-0.05, 0) is 67.3 Å². The van der Waals surface area contributed by atoms with Gasteiger partial charge >= 0.3 is 24.6 Å². The molecule has 0 saturated carbocycles. The summed E-state index contributed by atoms with van der Waals surface area (Å²) in [6, 6.07) is 1.12. The summed E-state index contributed by atoms with van der Waals surface area (Å²) in [5.74, 6) is -1.14. The molecule has 1 aliphatic rings. The van der Waals surface area contributed by atoms with Gasteiger partial charge in [-0.3, -0.25) is 4.90 Å². The van der Waals surface area contributed by atoms with E-state index in [2.05, 4.69) is 0 Å². The van der Waals surface area contributed by atoms with E-state index in [-0.39, 0.29) is 36.8 Å². The largest absolute Gasteiger partial charge is 0.449 e. The number of rotatable bonds is 4. The molecule has 1 aliphatic heterocycles. The first-order chi connectivity index (χ1) is 17.0. The molecule has 2 aromatic rings. The first kappa shape index (κ1) is 28.6. The van der Waals surface area contributed by atoms with Crippen LogP contribution in [-0.2, 0) is 23.3 Å². The quantitative estimate of drug-likeness (QED) is 0.404. The third kappa shape index (κ3) is 5.97. The summed E-state index contributed by atoms with van der Waals surface area (Å²) in [6.45, 7) is 3.16. The second-order valence-corrected chi connectivity index (χ2v) is 8.61. The van der Waals surface area contributed by atoms with Gasteiger partial charge in [-0.2, -0.15) is 39.5 Å². The number of halogens is 9. The van der Waals surface area contributed by atoms with Gasteiger partial charge in [0.2, 0.25) is 0 Å². The summed E-state index contributed by atoms with van der Waals surface area (Å²) in [6.07, 6.45) is -15.8. The van der Waals surface area contributed by atoms with Crippen molar-refractivity contribution in [3.63, 3.8) is 0 Å². The molecule has 0 saturated heterocycles. The molecular weight excluding hydrogens is 519 g/mol. The molecule has 0 aromatic heterocycles. The molecule has 4 nitrogen and oxygen atoms in total. The van der Waals surface area contributed by atoms with Crippen molar-refractivity contribution in [2.45, 2.75) is 63.2 Å².